The monoisotopic (exact) mass is 265 g/mol. The minimum absolute atomic E-state index is 0.249. The number of hydrogen-bond acceptors (Lipinski definition) is 5. The van der Waals surface area contributed by atoms with Gasteiger partial charge in [0.2, 0.25) is 0 Å². The van der Waals surface area contributed by atoms with Crippen LogP contribution in [-0.4, -0.2) is 43.7 Å². The van der Waals surface area contributed by atoms with Gasteiger partial charge in [0.05, 0.1) is 6.61 Å². The first-order valence-corrected chi connectivity index (χ1v) is 6.20. The summed E-state index contributed by atoms with van der Waals surface area (Å²) in [6.45, 7) is 2.12. The molecule has 1 aliphatic heterocycles. The van der Waals surface area contributed by atoms with E-state index in [1.54, 1.807) is 7.11 Å². The van der Waals surface area contributed by atoms with Crippen LogP contribution < -0.4 is 16.0 Å². The second-order valence-corrected chi connectivity index (χ2v) is 4.41. The molecule has 19 heavy (non-hydrogen) atoms. The van der Waals surface area contributed by atoms with E-state index >= 15 is 0 Å². The fraction of sp³-hybridized carbons (Fsp3) is 0.462. The number of rotatable bonds is 4. The Balaban J connectivity index is 2.17. The van der Waals surface area contributed by atoms with Gasteiger partial charge < -0.3 is 9.47 Å². The molecule has 0 radical (unpaired) electrons. The van der Waals surface area contributed by atoms with E-state index in [0.29, 0.717) is 26.3 Å². The number of amides is 1. The van der Waals surface area contributed by atoms with Crippen LogP contribution in [-0.2, 0) is 16.1 Å². The molecule has 0 aliphatic carbocycles. The summed E-state index contributed by atoms with van der Waals surface area (Å²) in [5.74, 6) is 5.85. The molecule has 0 spiro atoms. The summed E-state index contributed by atoms with van der Waals surface area (Å²) in [5.41, 5.74) is 3.25. The first-order chi connectivity index (χ1) is 9.26. The Morgan fingerprint density at radius 1 is 1.58 bits per heavy atom. The Kier molecular flexibility index (Phi) is 4.73. The lowest BCUT2D eigenvalue weighted by atomic mass is 10.1. The molecule has 3 N–H and O–H groups in total. The van der Waals surface area contributed by atoms with Crippen LogP contribution in [0.4, 0.5) is 0 Å². The van der Waals surface area contributed by atoms with E-state index in [-0.39, 0.29) is 5.91 Å². The van der Waals surface area contributed by atoms with Crippen molar-refractivity contribution in [2.75, 3.05) is 26.9 Å². The van der Waals surface area contributed by atoms with Crippen molar-refractivity contribution in [3.05, 3.63) is 29.8 Å². The first kappa shape index (κ1) is 13.8. The third-order valence-electron chi connectivity index (χ3n) is 3.19. The highest BCUT2D eigenvalue weighted by atomic mass is 16.5. The number of hydrazine groups is 1. The molecule has 1 aromatic carbocycles. The molecule has 1 aromatic rings. The zero-order chi connectivity index (χ0) is 13.7. The fourth-order valence-electron chi connectivity index (χ4n) is 2.21. The molecule has 0 aromatic heterocycles. The van der Waals surface area contributed by atoms with Crippen LogP contribution in [0, 0.1) is 0 Å². The maximum atomic E-state index is 11.8. The summed E-state index contributed by atoms with van der Waals surface area (Å²) >= 11 is 0. The molecule has 0 saturated carbocycles. The number of fused-ring (bicyclic) bond motifs is 1. The average molecular weight is 265 g/mol. The number of hydrogen-bond donors (Lipinski definition) is 2. The molecule has 0 saturated heterocycles. The van der Waals surface area contributed by atoms with Gasteiger partial charge in [-0.15, -0.1) is 0 Å². The molecule has 1 heterocycles. The molecule has 0 fully saturated rings. The van der Waals surface area contributed by atoms with Crippen LogP contribution >= 0.6 is 0 Å². The maximum Gasteiger partial charge on any atom is 0.253 e. The molecular weight excluding hydrogens is 246 g/mol. The number of nitrogens with zero attached hydrogens (tertiary/aromatic N) is 1. The molecule has 0 bridgehead atoms. The predicted octanol–water partition coefficient (Wildman–Crippen LogP) is -0.114. The Morgan fingerprint density at radius 2 is 2.37 bits per heavy atom. The van der Waals surface area contributed by atoms with Crippen LogP contribution in [0.15, 0.2) is 24.3 Å². The van der Waals surface area contributed by atoms with Crippen molar-refractivity contribution in [1.82, 2.24) is 10.3 Å². The van der Waals surface area contributed by atoms with Crippen LogP contribution in [0.1, 0.15) is 5.56 Å². The number of benzene rings is 1. The number of para-hydroxylation sites is 1. The Labute approximate surface area is 112 Å². The molecule has 104 valence electrons. The second-order valence-electron chi connectivity index (χ2n) is 4.41. The zero-order valence-corrected chi connectivity index (χ0v) is 11.0. The van der Waals surface area contributed by atoms with Gasteiger partial charge in [-0.25, -0.2) is 5.84 Å². The van der Waals surface area contributed by atoms with E-state index in [2.05, 4.69) is 5.43 Å². The molecule has 6 nitrogen and oxygen atoms in total. The van der Waals surface area contributed by atoms with Gasteiger partial charge in [-0.05, 0) is 6.07 Å². The lowest BCUT2D eigenvalue weighted by Gasteiger charge is -2.27. The van der Waals surface area contributed by atoms with Crippen molar-refractivity contribution in [3.63, 3.8) is 0 Å². The van der Waals surface area contributed by atoms with Gasteiger partial charge in [0.15, 0.2) is 0 Å². The normalized spacial score (nSPS) is 16.9. The van der Waals surface area contributed by atoms with E-state index in [1.807, 2.05) is 29.2 Å². The zero-order valence-electron chi connectivity index (χ0n) is 11.0. The van der Waals surface area contributed by atoms with E-state index in [1.165, 1.54) is 0 Å². The number of nitrogens with two attached hydrogens (primary N) is 1. The first-order valence-electron chi connectivity index (χ1n) is 6.20. The van der Waals surface area contributed by atoms with E-state index < -0.39 is 6.04 Å². The van der Waals surface area contributed by atoms with Crippen molar-refractivity contribution >= 4 is 5.91 Å². The third-order valence-corrected chi connectivity index (χ3v) is 3.19. The predicted molar refractivity (Wildman–Crippen MR) is 70.3 cm³/mol. The lowest BCUT2D eigenvalue weighted by molar-refractivity contribution is -0.128. The standard InChI is InChI=1S/C13H19N3O3/c1-18-9-11(13(17)15-14)16-6-7-19-12-5-3-2-4-10(12)8-16/h2-5,11H,6-9,14H2,1H3,(H,15,17). The molecule has 6 heteroatoms. The van der Waals surface area contributed by atoms with E-state index in [9.17, 15) is 4.79 Å². The molecule has 1 unspecified atom stereocenters. The van der Waals surface area contributed by atoms with Crippen LogP contribution in [0.2, 0.25) is 0 Å². The Bertz CT molecular complexity index is 439. The molecule has 1 amide bonds. The minimum Gasteiger partial charge on any atom is -0.492 e. The number of ether oxygens (including phenoxy) is 2. The minimum atomic E-state index is -0.412. The van der Waals surface area contributed by atoms with Gasteiger partial charge in [0, 0.05) is 25.8 Å². The van der Waals surface area contributed by atoms with Gasteiger partial charge >= 0.3 is 0 Å². The molecule has 1 aliphatic rings. The highest BCUT2D eigenvalue weighted by Gasteiger charge is 2.27. The van der Waals surface area contributed by atoms with Gasteiger partial charge in [-0.3, -0.25) is 15.1 Å². The quantitative estimate of drug-likeness (QED) is 0.451. The Morgan fingerprint density at radius 3 is 3.11 bits per heavy atom. The summed E-state index contributed by atoms with van der Waals surface area (Å²) < 4.78 is 10.8. The highest BCUT2D eigenvalue weighted by Crippen LogP contribution is 2.23. The topological polar surface area (TPSA) is 76.8 Å². The number of methoxy groups -OCH3 is 1. The number of carbonyl (C=O) groups is 1. The Hall–Kier alpha value is -1.63. The SMILES string of the molecule is COCC(C(=O)NN)N1CCOc2ccccc2C1. The van der Waals surface area contributed by atoms with Gasteiger partial charge in [-0.2, -0.15) is 0 Å². The van der Waals surface area contributed by atoms with Crippen molar-refractivity contribution in [1.29, 1.82) is 0 Å². The average Bonchev–Trinajstić information content (AvgIpc) is 2.65. The summed E-state index contributed by atoms with van der Waals surface area (Å²) in [7, 11) is 1.57. The van der Waals surface area contributed by atoms with Gasteiger partial charge in [0.25, 0.3) is 5.91 Å². The smallest absolute Gasteiger partial charge is 0.253 e. The molecular formula is C13H19N3O3. The van der Waals surface area contributed by atoms with Gasteiger partial charge in [0.1, 0.15) is 18.4 Å². The summed E-state index contributed by atoms with van der Waals surface area (Å²) in [5, 5.41) is 0. The summed E-state index contributed by atoms with van der Waals surface area (Å²) in [6, 6.07) is 7.42. The lowest BCUT2D eigenvalue weighted by Crippen LogP contribution is -2.51. The number of nitrogens with one attached hydrogen (secondary N) is 1. The summed E-state index contributed by atoms with van der Waals surface area (Å²) in [6.07, 6.45) is 0. The van der Waals surface area contributed by atoms with Crippen LogP contribution in [0.25, 0.3) is 0 Å². The van der Waals surface area contributed by atoms with Crippen molar-refractivity contribution < 1.29 is 14.3 Å². The fourth-order valence-corrected chi connectivity index (χ4v) is 2.21. The van der Waals surface area contributed by atoms with E-state index in [4.69, 9.17) is 15.3 Å². The van der Waals surface area contributed by atoms with Crippen molar-refractivity contribution in [2.45, 2.75) is 12.6 Å². The van der Waals surface area contributed by atoms with Crippen molar-refractivity contribution in [2.24, 2.45) is 5.84 Å². The third kappa shape index (κ3) is 3.23. The van der Waals surface area contributed by atoms with Crippen LogP contribution in [0.3, 0.4) is 0 Å². The maximum absolute atomic E-state index is 11.8. The van der Waals surface area contributed by atoms with Crippen molar-refractivity contribution in [3.8, 4) is 5.75 Å². The number of carbonyl (C=O) groups excluding carboxylic acids is 1. The van der Waals surface area contributed by atoms with Crippen LogP contribution in [0.5, 0.6) is 5.75 Å². The second kappa shape index (κ2) is 6.51. The highest BCUT2D eigenvalue weighted by molar-refractivity contribution is 5.81. The molecule has 1 atom stereocenters. The summed E-state index contributed by atoms with van der Waals surface area (Å²) in [4.78, 5) is 13.8. The largest absolute Gasteiger partial charge is 0.492 e. The van der Waals surface area contributed by atoms with Gasteiger partial charge in [-0.1, -0.05) is 18.2 Å². The molecule has 2 rings (SSSR count). The van der Waals surface area contributed by atoms with E-state index in [0.717, 1.165) is 11.3 Å².